The summed E-state index contributed by atoms with van der Waals surface area (Å²) in [5.74, 6) is -0.452. The number of carbonyl (C=O) groups excluding carboxylic acids is 3. The first-order valence-corrected chi connectivity index (χ1v) is 10.9. The molecular formula is C25H33N3O4. The molecule has 2 aromatic rings. The molecule has 2 rings (SSSR count). The van der Waals surface area contributed by atoms with Gasteiger partial charge in [-0.05, 0) is 43.0 Å². The second kappa shape index (κ2) is 12.5. The maximum Gasteiger partial charge on any atom is 0.408 e. The Labute approximate surface area is 189 Å². The van der Waals surface area contributed by atoms with E-state index in [1.807, 2.05) is 58.0 Å². The van der Waals surface area contributed by atoms with E-state index in [9.17, 15) is 14.4 Å². The van der Waals surface area contributed by atoms with Crippen LogP contribution in [-0.2, 0) is 27.4 Å². The number of amides is 3. The minimum absolute atomic E-state index is 0.0492. The number of carbonyl (C=O) groups is 3. The number of ether oxygens (including phenoxy) is 1. The molecule has 32 heavy (non-hydrogen) atoms. The maximum absolute atomic E-state index is 12.9. The Bertz CT molecular complexity index is 882. The summed E-state index contributed by atoms with van der Waals surface area (Å²) < 4.78 is 5.27. The van der Waals surface area contributed by atoms with E-state index in [1.165, 1.54) is 0 Å². The highest BCUT2D eigenvalue weighted by molar-refractivity contribution is 5.96. The molecule has 7 nitrogen and oxygen atoms in total. The molecule has 7 heteroatoms. The molecule has 0 aromatic heterocycles. The van der Waals surface area contributed by atoms with E-state index in [0.29, 0.717) is 12.1 Å². The second-order valence-corrected chi connectivity index (χ2v) is 8.15. The molecule has 0 unspecified atom stereocenters. The summed E-state index contributed by atoms with van der Waals surface area (Å²) in [6.07, 6.45) is 0.346. The topological polar surface area (TPSA) is 96.5 Å². The van der Waals surface area contributed by atoms with E-state index in [4.69, 9.17) is 4.74 Å². The van der Waals surface area contributed by atoms with Gasteiger partial charge in [-0.1, -0.05) is 62.7 Å². The zero-order valence-electron chi connectivity index (χ0n) is 19.2. The minimum Gasteiger partial charge on any atom is -0.445 e. The first kappa shape index (κ1) is 24.9. The fraction of sp³-hybridized carbons (Fsp3) is 0.400. The van der Waals surface area contributed by atoms with Crippen LogP contribution in [0.4, 0.5) is 10.5 Å². The van der Waals surface area contributed by atoms with Crippen molar-refractivity contribution in [1.82, 2.24) is 10.6 Å². The van der Waals surface area contributed by atoms with Crippen LogP contribution in [0.1, 0.15) is 45.2 Å². The highest BCUT2D eigenvalue weighted by atomic mass is 16.5. The molecule has 0 saturated carbocycles. The Morgan fingerprint density at radius 1 is 0.875 bits per heavy atom. The minimum atomic E-state index is -0.736. The van der Waals surface area contributed by atoms with Gasteiger partial charge < -0.3 is 20.7 Å². The van der Waals surface area contributed by atoms with Crippen molar-refractivity contribution in [3.63, 3.8) is 0 Å². The number of rotatable bonds is 10. The molecule has 0 heterocycles. The zero-order chi connectivity index (χ0) is 23.5. The second-order valence-electron chi connectivity index (χ2n) is 8.15. The van der Waals surface area contributed by atoms with Crippen LogP contribution in [0.15, 0.2) is 54.6 Å². The summed E-state index contributed by atoms with van der Waals surface area (Å²) in [4.78, 5) is 37.0. The lowest BCUT2D eigenvalue weighted by molar-refractivity contribution is -0.121. The fourth-order valence-electron chi connectivity index (χ4n) is 3.08. The predicted molar refractivity (Wildman–Crippen MR) is 125 cm³/mol. The number of alkyl carbamates (subject to hydrolysis) is 1. The van der Waals surface area contributed by atoms with E-state index >= 15 is 0 Å². The van der Waals surface area contributed by atoms with E-state index in [-0.39, 0.29) is 36.8 Å². The van der Waals surface area contributed by atoms with Crippen LogP contribution in [0.25, 0.3) is 0 Å². The van der Waals surface area contributed by atoms with Crippen LogP contribution in [0.2, 0.25) is 0 Å². The Balaban J connectivity index is 1.94. The number of anilines is 1. The predicted octanol–water partition coefficient (Wildman–Crippen LogP) is 4.03. The van der Waals surface area contributed by atoms with Gasteiger partial charge in [0.15, 0.2) is 0 Å². The lowest BCUT2D eigenvalue weighted by atomic mass is 9.98. The number of nitrogens with one attached hydrogen (secondary N) is 3. The third-order valence-electron chi connectivity index (χ3n) is 5.02. The summed E-state index contributed by atoms with van der Waals surface area (Å²) in [5, 5.41) is 8.38. The average Bonchev–Trinajstić information content (AvgIpc) is 2.77. The molecular weight excluding hydrogens is 406 g/mol. The van der Waals surface area contributed by atoms with Crippen molar-refractivity contribution < 1.29 is 19.1 Å². The molecule has 2 atom stereocenters. The first-order chi connectivity index (χ1) is 15.3. The first-order valence-electron chi connectivity index (χ1n) is 10.9. The Morgan fingerprint density at radius 3 is 2.12 bits per heavy atom. The van der Waals surface area contributed by atoms with Gasteiger partial charge in [0, 0.05) is 11.7 Å². The van der Waals surface area contributed by atoms with E-state index in [1.54, 1.807) is 24.3 Å². The monoisotopic (exact) mass is 439 g/mol. The van der Waals surface area contributed by atoms with E-state index in [0.717, 1.165) is 11.1 Å². The quantitative estimate of drug-likeness (QED) is 0.521. The van der Waals surface area contributed by atoms with Gasteiger partial charge in [-0.25, -0.2) is 4.79 Å². The summed E-state index contributed by atoms with van der Waals surface area (Å²) in [7, 11) is 0. The molecule has 0 aliphatic rings. The fourth-order valence-corrected chi connectivity index (χ4v) is 3.08. The number of benzene rings is 2. The van der Waals surface area contributed by atoms with Gasteiger partial charge in [0.25, 0.3) is 0 Å². The Kier molecular flexibility index (Phi) is 9.73. The van der Waals surface area contributed by atoms with Crippen LogP contribution < -0.4 is 16.0 Å². The van der Waals surface area contributed by atoms with Crippen LogP contribution in [-0.4, -0.2) is 30.0 Å². The van der Waals surface area contributed by atoms with E-state index < -0.39 is 12.1 Å². The van der Waals surface area contributed by atoms with Gasteiger partial charge in [0.2, 0.25) is 11.8 Å². The van der Waals surface area contributed by atoms with E-state index in [2.05, 4.69) is 16.0 Å². The van der Waals surface area contributed by atoms with Crippen molar-refractivity contribution in [1.29, 1.82) is 0 Å². The smallest absolute Gasteiger partial charge is 0.408 e. The molecule has 0 aliphatic carbocycles. The Hall–Kier alpha value is -3.35. The number of hydrogen-bond donors (Lipinski definition) is 3. The van der Waals surface area contributed by atoms with Crippen LogP contribution in [0.3, 0.4) is 0 Å². The van der Waals surface area contributed by atoms with Gasteiger partial charge in [-0.15, -0.1) is 0 Å². The lowest BCUT2D eigenvalue weighted by Gasteiger charge is -2.23. The molecule has 172 valence electrons. The summed E-state index contributed by atoms with van der Waals surface area (Å²) in [6.45, 7) is 7.82. The molecule has 0 fully saturated rings. The largest absolute Gasteiger partial charge is 0.445 e. The van der Waals surface area contributed by atoms with Gasteiger partial charge in [0.05, 0.1) is 6.42 Å². The summed E-state index contributed by atoms with van der Waals surface area (Å²) >= 11 is 0. The molecule has 2 aromatic carbocycles. The third-order valence-corrected chi connectivity index (χ3v) is 5.02. The SMILES string of the molecule is CC[C@H](C)[C@H](NC(=O)OCc1ccccc1)C(=O)Nc1ccc(CC(=O)NC(C)C)cc1. The zero-order valence-corrected chi connectivity index (χ0v) is 19.2. The van der Waals surface area contributed by atoms with Crippen LogP contribution in [0.5, 0.6) is 0 Å². The Morgan fingerprint density at radius 2 is 1.53 bits per heavy atom. The maximum atomic E-state index is 12.9. The lowest BCUT2D eigenvalue weighted by Crippen LogP contribution is -2.47. The molecule has 0 bridgehead atoms. The van der Waals surface area contributed by atoms with Crippen LogP contribution >= 0.6 is 0 Å². The van der Waals surface area contributed by atoms with Gasteiger partial charge in [-0.2, -0.15) is 0 Å². The standard InChI is InChI=1S/C25H33N3O4/c1-5-18(4)23(28-25(31)32-16-20-9-7-6-8-10-20)24(30)27-21-13-11-19(12-14-21)15-22(29)26-17(2)3/h6-14,17-18,23H,5,15-16H2,1-4H3,(H,26,29)(H,27,30)(H,28,31)/t18-,23-/m0/s1. The molecule has 0 saturated heterocycles. The third kappa shape index (κ3) is 8.41. The molecule has 3 amide bonds. The number of hydrogen-bond acceptors (Lipinski definition) is 4. The van der Waals surface area contributed by atoms with Crippen molar-refractivity contribution in [2.45, 2.75) is 59.2 Å². The van der Waals surface area contributed by atoms with Gasteiger partial charge in [-0.3, -0.25) is 9.59 Å². The molecule has 0 radical (unpaired) electrons. The summed E-state index contributed by atoms with van der Waals surface area (Å²) in [6, 6.07) is 15.8. The average molecular weight is 440 g/mol. The highest BCUT2D eigenvalue weighted by Gasteiger charge is 2.26. The van der Waals surface area contributed by atoms with Crippen molar-refractivity contribution in [3.8, 4) is 0 Å². The van der Waals surface area contributed by atoms with Gasteiger partial charge >= 0.3 is 6.09 Å². The van der Waals surface area contributed by atoms with Gasteiger partial charge in [0.1, 0.15) is 12.6 Å². The van der Waals surface area contributed by atoms with Crippen molar-refractivity contribution in [2.75, 3.05) is 5.32 Å². The summed E-state index contributed by atoms with van der Waals surface area (Å²) in [5.41, 5.74) is 2.31. The molecule has 3 N–H and O–H groups in total. The van der Waals surface area contributed by atoms with Crippen molar-refractivity contribution in [2.24, 2.45) is 5.92 Å². The van der Waals surface area contributed by atoms with Crippen molar-refractivity contribution >= 4 is 23.6 Å². The highest BCUT2D eigenvalue weighted by Crippen LogP contribution is 2.14. The van der Waals surface area contributed by atoms with Crippen LogP contribution in [0, 0.1) is 5.92 Å². The molecule has 0 aliphatic heterocycles. The normalized spacial score (nSPS) is 12.5. The van der Waals surface area contributed by atoms with Crippen molar-refractivity contribution in [3.05, 3.63) is 65.7 Å². The molecule has 0 spiro atoms.